The van der Waals surface area contributed by atoms with Gasteiger partial charge in [0.1, 0.15) is 5.82 Å². The third-order valence-corrected chi connectivity index (χ3v) is 1.38. The van der Waals surface area contributed by atoms with Gasteiger partial charge < -0.3 is 5.32 Å². The summed E-state index contributed by atoms with van der Waals surface area (Å²) >= 11 is 0. The van der Waals surface area contributed by atoms with Gasteiger partial charge in [-0.1, -0.05) is 6.07 Å². The molecule has 1 aromatic rings. The van der Waals surface area contributed by atoms with Gasteiger partial charge in [-0.2, -0.15) is 0 Å². The predicted octanol–water partition coefficient (Wildman–Crippen LogP) is -0.184. The fraction of sp³-hybridized carbons (Fsp3) is 0.167. The first-order chi connectivity index (χ1) is 4.43. The molecule has 0 aromatic carbocycles. The van der Waals surface area contributed by atoms with Crippen molar-refractivity contribution in [3.05, 3.63) is 24.4 Å². The molecule has 0 amide bonds. The first-order valence-electron chi connectivity index (χ1n) is 3.08. The summed E-state index contributed by atoms with van der Waals surface area (Å²) in [6, 6.07) is 5.86. The first-order valence-corrected chi connectivity index (χ1v) is 4.50. The van der Waals surface area contributed by atoms with Crippen LogP contribution in [0.4, 0.5) is 5.82 Å². The van der Waals surface area contributed by atoms with Crippen molar-refractivity contribution < 1.29 is 0 Å². The second-order valence-corrected chi connectivity index (χ2v) is 2.45. The molecule has 0 fully saturated rings. The second-order valence-electron chi connectivity index (χ2n) is 1.75. The summed E-state index contributed by atoms with van der Waals surface area (Å²) in [5, 5.41) is 3.16. The molecular formula is C6H10N2Si. The quantitative estimate of drug-likeness (QED) is 0.573. The molecule has 2 nitrogen and oxygen atoms in total. The molecule has 0 saturated carbocycles. The highest BCUT2D eigenvalue weighted by Gasteiger charge is 1.83. The average Bonchev–Trinajstić information content (AvgIpc) is 1.91. The van der Waals surface area contributed by atoms with Crippen LogP contribution in [0.1, 0.15) is 0 Å². The zero-order chi connectivity index (χ0) is 6.53. The molecule has 0 aliphatic heterocycles. The lowest BCUT2D eigenvalue weighted by atomic mass is 10.5. The van der Waals surface area contributed by atoms with Gasteiger partial charge in [0, 0.05) is 16.4 Å². The SMILES string of the molecule is [SiH3]CNc1ccccn1. The molecular weight excluding hydrogens is 128 g/mol. The van der Waals surface area contributed by atoms with E-state index >= 15 is 0 Å². The highest BCUT2D eigenvalue weighted by Crippen LogP contribution is 1.96. The lowest BCUT2D eigenvalue weighted by Gasteiger charge is -1.97. The van der Waals surface area contributed by atoms with E-state index in [2.05, 4.69) is 10.3 Å². The van der Waals surface area contributed by atoms with Gasteiger partial charge in [-0.25, -0.2) is 4.98 Å². The van der Waals surface area contributed by atoms with Crippen molar-refractivity contribution in [1.29, 1.82) is 0 Å². The highest BCUT2D eigenvalue weighted by atomic mass is 28.1. The molecule has 0 atom stereocenters. The van der Waals surface area contributed by atoms with E-state index in [-0.39, 0.29) is 0 Å². The molecule has 1 aromatic heterocycles. The number of anilines is 1. The van der Waals surface area contributed by atoms with Gasteiger partial charge in [-0.15, -0.1) is 0 Å². The van der Waals surface area contributed by atoms with Crippen LogP contribution < -0.4 is 5.32 Å². The third kappa shape index (κ3) is 1.85. The predicted molar refractivity (Wildman–Crippen MR) is 42.7 cm³/mol. The molecule has 0 radical (unpaired) electrons. The molecule has 0 saturated heterocycles. The molecule has 1 rings (SSSR count). The highest BCUT2D eigenvalue weighted by molar-refractivity contribution is 6.10. The maximum absolute atomic E-state index is 4.08. The third-order valence-electron chi connectivity index (χ3n) is 1.02. The molecule has 0 aliphatic carbocycles. The Hall–Kier alpha value is -0.833. The van der Waals surface area contributed by atoms with Crippen molar-refractivity contribution in [2.45, 2.75) is 0 Å². The van der Waals surface area contributed by atoms with Gasteiger partial charge in [-0.05, 0) is 18.3 Å². The van der Waals surface area contributed by atoms with Crippen LogP contribution in [-0.4, -0.2) is 21.4 Å². The van der Waals surface area contributed by atoms with E-state index in [4.69, 9.17) is 0 Å². The maximum Gasteiger partial charge on any atom is 0.125 e. The molecule has 3 heteroatoms. The van der Waals surface area contributed by atoms with E-state index in [9.17, 15) is 0 Å². The number of rotatable bonds is 2. The summed E-state index contributed by atoms with van der Waals surface area (Å²) in [6.07, 6.45) is 2.86. The van der Waals surface area contributed by atoms with Crippen molar-refractivity contribution in [3.8, 4) is 0 Å². The summed E-state index contributed by atoms with van der Waals surface area (Å²) in [7, 11) is 1.17. The van der Waals surface area contributed by atoms with Gasteiger partial charge in [0.2, 0.25) is 0 Å². The van der Waals surface area contributed by atoms with E-state index in [0.717, 1.165) is 12.0 Å². The lowest BCUT2D eigenvalue weighted by Crippen LogP contribution is -2.00. The van der Waals surface area contributed by atoms with Gasteiger partial charge in [-0.3, -0.25) is 0 Å². The standard InChI is InChI=1S/C6H10N2Si/c9-5-8-6-3-1-2-4-7-6/h1-4H,5H2,9H3,(H,7,8). The summed E-state index contributed by atoms with van der Waals surface area (Å²) in [6.45, 7) is 0. The van der Waals surface area contributed by atoms with Gasteiger partial charge >= 0.3 is 0 Å². The van der Waals surface area contributed by atoms with Crippen LogP contribution in [0.15, 0.2) is 24.4 Å². The van der Waals surface area contributed by atoms with Crippen LogP contribution in [0, 0.1) is 0 Å². The van der Waals surface area contributed by atoms with Crippen LogP contribution in [0.3, 0.4) is 0 Å². The maximum atomic E-state index is 4.08. The Balaban J connectivity index is 2.61. The summed E-state index contributed by atoms with van der Waals surface area (Å²) < 4.78 is 0. The lowest BCUT2D eigenvalue weighted by molar-refractivity contribution is 1.27. The Morgan fingerprint density at radius 1 is 1.56 bits per heavy atom. The van der Waals surface area contributed by atoms with Crippen LogP contribution >= 0.6 is 0 Å². The minimum absolute atomic E-state index is 0.979. The number of aromatic nitrogens is 1. The zero-order valence-electron chi connectivity index (χ0n) is 5.46. The molecule has 9 heavy (non-hydrogen) atoms. The Labute approximate surface area is 57.7 Å². The van der Waals surface area contributed by atoms with Crippen molar-refractivity contribution in [1.82, 2.24) is 4.98 Å². The summed E-state index contributed by atoms with van der Waals surface area (Å²) in [5.74, 6) is 0.979. The fourth-order valence-electron chi connectivity index (χ4n) is 0.648. The van der Waals surface area contributed by atoms with E-state index in [1.165, 1.54) is 10.2 Å². The summed E-state index contributed by atoms with van der Waals surface area (Å²) in [4.78, 5) is 4.08. The first kappa shape index (κ1) is 6.29. The Morgan fingerprint density at radius 2 is 2.44 bits per heavy atom. The molecule has 48 valence electrons. The largest absolute Gasteiger partial charge is 0.374 e. The average molecular weight is 138 g/mol. The summed E-state index contributed by atoms with van der Waals surface area (Å²) in [5.41, 5.74) is 0. The van der Waals surface area contributed by atoms with Crippen molar-refractivity contribution >= 4 is 16.1 Å². The van der Waals surface area contributed by atoms with Gasteiger partial charge in [0.25, 0.3) is 0 Å². The molecule has 1 N–H and O–H groups in total. The van der Waals surface area contributed by atoms with Gasteiger partial charge in [0.05, 0.1) is 0 Å². The number of nitrogens with zero attached hydrogens (tertiary/aromatic N) is 1. The van der Waals surface area contributed by atoms with Crippen LogP contribution in [0.2, 0.25) is 0 Å². The van der Waals surface area contributed by atoms with E-state index in [1.807, 2.05) is 18.2 Å². The molecule has 0 aliphatic rings. The zero-order valence-corrected chi connectivity index (χ0v) is 7.46. The van der Waals surface area contributed by atoms with E-state index in [1.54, 1.807) is 6.20 Å². The Kier molecular flexibility index (Phi) is 2.27. The number of pyridine rings is 1. The van der Waals surface area contributed by atoms with Crippen molar-refractivity contribution in [2.75, 3.05) is 11.5 Å². The van der Waals surface area contributed by atoms with E-state index < -0.39 is 0 Å². The second kappa shape index (κ2) is 3.24. The smallest absolute Gasteiger partial charge is 0.125 e. The van der Waals surface area contributed by atoms with Crippen LogP contribution in [0.25, 0.3) is 0 Å². The molecule has 1 heterocycles. The minimum Gasteiger partial charge on any atom is -0.374 e. The minimum atomic E-state index is 0.979. The van der Waals surface area contributed by atoms with Crippen LogP contribution in [-0.2, 0) is 0 Å². The number of hydrogen-bond donors (Lipinski definition) is 1. The van der Waals surface area contributed by atoms with Crippen molar-refractivity contribution in [3.63, 3.8) is 0 Å². The molecule has 0 bridgehead atoms. The van der Waals surface area contributed by atoms with Crippen molar-refractivity contribution in [2.24, 2.45) is 0 Å². The topological polar surface area (TPSA) is 24.9 Å². The monoisotopic (exact) mass is 138 g/mol. The van der Waals surface area contributed by atoms with Crippen LogP contribution in [0.5, 0.6) is 0 Å². The number of hydrogen-bond acceptors (Lipinski definition) is 2. The normalized spacial score (nSPS) is 9.33. The van der Waals surface area contributed by atoms with E-state index in [0.29, 0.717) is 0 Å². The molecule has 0 unspecified atom stereocenters. The van der Waals surface area contributed by atoms with Gasteiger partial charge in [0.15, 0.2) is 0 Å². The fourth-order valence-corrected chi connectivity index (χ4v) is 1.01. The number of nitrogens with one attached hydrogen (secondary N) is 1. The Morgan fingerprint density at radius 3 is 3.00 bits per heavy atom. The molecule has 0 spiro atoms. The Bertz CT molecular complexity index is 164.